The van der Waals surface area contributed by atoms with Gasteiger partial charge in [0.1, 0.15) is 16.3 Å². The summed E-state index contributed by atoms with van der Waals surface area (Å²) < 4.78 is 13.1. The number of fused-ring (bicyclic) bond motifs is 2. The second kappa shape index (κ2) is 5.67. The third kappa shape index (κ3) is 2.21. The number of ether oxygens (including phenoxy) is 1. The van der Waals surface area contributed by atoms with Crippen LogP contribution in [-0.4, -0.2) is 26.9 Å². The quantitative estimate of drug-likeness (QED) is 0.470. The molecule has 0 saturated carbocycles. The molecule has 0 fully saturated rings. The summed E-state index contributed by atoms with van der Waals surface area (Å²) in [7, 11) is 1.65. The number of para-hydroxylation sites is 1. The molecule has 2 aromatic carbocycles. The second-order valence-electron chi connectivity index (χ2n) is 5.91. The minimum atomic E-state index is 0.610. The molecule has 0 amide bonds. The van der Waals surface area contributed by atoms with Gasteiger partial charge in [-0.25, -0.2) is 0 Å². The van der Waals surface area contributed by atoms with Gasteiger partial charge in [-0.2, -0.15) is 9.61 Å². The first-order valence-electron chi connectivity index (χ1n) is 8.10. The third-order valence-corrected chi connectivity index (χ3v) is 5.30. The van der Waals surface area contributed by atoms with Crippen LogP contribution in [0.5, 0.6) is 5.75 Å². The van der Waals surface area contributed by atoms with Gasteiger partial charge in [-0.1, -0.05) is 41.7 Å². The van der Waals surface area contributed by atoms with Gasteiger partial charge in [0.25, 0.3) is 0 Å². The van der Waals surface area contributed by atoms with Crippen LogP contribution in [0.15, 0.2) is 52.9 Å². The maximum absolute atomic E-state index is 6.02. The van der Waals surface area contributed by atoms with Gasteiger partial charge in [0, 0.05) is 16.5 Å². The number of aryl methyl sites for hydroxylation is 1. The van der Waals surface area contributed by atoms with E-state index >= 15 is 0 Å². The van der Waals surface area contributed by atoms with E-state index in [9.17, 15) is 0 Å². The van der Waals surface area contributed by atoms with Crippen molar-refractivity contribution in [2.75, 3.05) is 7.11 Å². The number of methoxy groups -OCH3 is 1. The van der Waals surface area contributed by atoms with Crippen LogP contribution in [0.1, 0.15) is 5.56 Å². The van der Waals surface area contributed by atoms with Crippen molar-refractivity contribution in [3.63, 3.8) is 0 Å². The first kappa shape index (κ1) is 15.1. The lowest BCUT2D eigenvalue weighted by Gasteiger charge is -2.00. The van der Waals surface area contributed by atoms with Crippen LogP contribution in [0, 0.1) is 6.92 Å². The number of nitrogens with zero attached hydrogens (tertiary/aromatic N) is 4. The zero-order chi connectivity index (χ0) is 17.7. The molecule has 7 heteroatoms. The minimum Gasteiger partial charge on any atom is -0.497 e. The number of aromatic nitrogens is 4. The van der Waals surface area contributed by atoms with E-state index < -0.39 is 0 Å². The summed E-state index contributed by atoms with van der Waals surface area (Å²) >= 11 is 1.48. The van der Waals surface area contributed by atoms with Gasteiger partial charge in [-0.15, -0.1) is 10.2 Å². The average Bonchev–Trinajstić information content (AvgIpc) is 3.35. The zero-order valence-corrected chi connectivity index (χ0v) is 14.9. The standard InChI is InChI=1S/C19H14N4O2S/c1-11-14-8-3-4-9-15(14)25-16(11)17-20-21-19-23(17)22-18(26-19)12-6-5-7-13(10-12)24-2/h3-10H,1-2H3. The Balaban J connectivity index is 1.67. The molecule has 5 aromatic rings. The summed E-state index contributed by atoms with van der Waals surface area (Å²) in [6.07, 6.45) is 0. The van der Waals surface area contributed by atoms with Crippen molar-refractivity contribution in [2.24, 2.45) is 0 Å². The summed E-state index contributed by atoms with van der Waals surface area (Å²) in [5.74, 6) is 2.10. The van der Waals surface area contributed by atoms with Gasteiger partial charge in [0.05, 0.1) is 7.11 Å². The van der Waals surface area contributed by atoms with Crippen LogP contribution in [0.4, 0.5) is 0 Å². The molecule has 3 heterocycles. The fourth-order valence-corrected chi connectivity index (χ4v) is 3.85. The molecule has 0 aliphatic heterocycles. The molecule has 0 bridgehead atoms. The molecule has 6 nitrogen and oxygen atoms in total. The van der Waals surface area contributed by atoms with Crippen LogP contribution in [-0.2, 0) is 0 Å². The number of rotatable bonds is 3. The second-order valence-corrected chi connectivity index (χ2v) is 6.87. The fraction of sp³-hybridized carbons (Fsp3) is 0.105. The molecular weight excluding hydrogens is 348 g/mol. The molecule has 0 N–H and O–H groups in total. The van der Waals surface area contributed by atoms with Gasteiger partial charge in [-0.3, -0.25) is 0 Å². The number of furan rings is 1. The zero-order valence-electron chi connectivity index (χ0n) is 14.1. The van der Waals surface area contributed by atoms with E-state index in [4.69, 9.17) is 14.3 Å². The Labute approximate surface area is 152 Å². The average molecular weight is 362 g/mol. The summed E-state index contributed by atoms with van der Waals surface area (Å²) in [5, 5.41) is 15.2. The lowest BCUT2D eigenvalue weighted by Crippen LogP contribution is -1.91. The van der Waals surface area contributed by atoms with Crippen molar-refractivity contribution >= 4 is 27.3 Å². The van der Waals surface area contributed by atoms with Crippen LogP contribution in [0.3, 0.4) is 0 Å². The van der Waals surface area contributed by atoms with Gasteiger partial charge >= 0.3 is 0 Å². The van der Waals surface area contributed by atoms with Crippen LogP contribution >= 0.6 is 11.3 Å². The molecule has 3 aromatic heterocycles. The SMILES string of the molecule is COc1cccc(-c2nn3c(-c4oc5ccccc5c4C)nnc3s2)c1. The normalized spacial score (nSPS) is 11.5. The highest BCUT2D eigenvalue weighted by Crippen LogP contribution is 2.34. The van der Waals surface area contributed by atoms with Gasteiger partial charge in [0.15, 0.2) is 5.76 Å². The minimum absolute atomic E-state index is 0.610. The van der Waals surface area contributed by atoms with Crippen molar-refractivity contribution in [3.8, 4) is 27.9 Å². The summed E-state index contributed by atoms with van der Waals surface area (Å²) in [4.78, 5) is 0.720. The van der Waals surface area contributed by atoms with E-state index in [1.54, 1.807) is 11.6 Å². The molecular formula is C19H14N4O2S. The molecule has 128 valence electrons. The highest BCUT2D eigenvalue weighted by molar-refractivity contribution is 7.19. The predicted octanol–water partition coefficient (Wildman–Crippen LogP) is 4.58. The predicted molar refractivity (Wildman–Crippen MR) is 101 cm³/mol. The number of hydrogen-bond acceptors (Lipinski definition) is 6. The number of benzene rings is 2. The Morgan fingerprint density at radius 3 is 2.81 bits per heavy atom. The Kier molecular flexibility index (Phi) is 3.29. The van der Waals surface area contributed by atoms with E-state index in [0.717, 1.165) is 37.8 Å². The highest BCUT2D eigenvalue weighted by atomic mass is 32.1. The monoisotopic (exact) mass is 362 g/mol. The van der Waals surface area contributed by atoms with Gasteiger partial charge in [-0.05, 0) is 25.1 Å². The molecule has 0 aliphatic rings. The lowest BCUT2D eigenvalue weighted by atomic mass is 10.1. The molecule has 0 unspecified atom stereocenters. The maximum Gasteiger partial charge on any atom is 0.235 e. The Morgan fingerprint density at radius 2 is 1.96 bits per heavy atom. The first-order chi connectivity index (χ1) is 12.7. The molecule has 0 atom stereocenters. The molecule has 0 spiro atoms. The first-order valence-corrected chi connectivity index (χ1v) is 8.91. The van der Waals surface area contributed by atoms with Gasteiger partial charge in [0.2, 0.25) is 10.8 Å². The van der Waals surface area contributed by atoms with E-state index in [1.165, 1.54) is 11.3 Å². The largest absolute Gasteiger partial charge is 0.497 e. The van der Waals surface area contributed by atoms with Crippen molar-refractivity contribution in [3.05, 3.63) is 54.1 Å². The smallest absolute Gasteiger partial charge is 0.235 e. The topological polar surface area (TPSA) is 65.5 Å². The summed E-state index contributed by atoms with van der Waals surface area (Å²) in [6.45, 7) is 2.03. The van der Waals surface area contributed by atoms with E-state index in [0.29, 0.717) is 11.6 Å². The van der Waals surface area contributed by atoms with Crippen LogP contribution in [0.25, 0.3) is 38.1 Å². The summed E-state index contributed by atoms with van der Waals surface area (Å²) in [5.41, 5.74) is 2.85. The van der Waals surface area contributed by atoms with Gasteiger partial charge < -0.3 is 9.15 Å². The lowest BCUT2D eigenvalue weighted by molar-refractivity contribution is 0.415. The van der Waals surface area contributed by atoms with Crippen molar-refractivity contribution in [1.82, 2.24) is 19.8 Å². The number of hydrogen-bond donors (Lipinski definition) is 0. The Hall–Kier alpha value is -3.19. The van der Waals surface area contributed by atoms with E-state index in [-0.39, 0.29) is 0 Å². The Morgan fingerprint density at radius 1 is 1.08 bits per heavy atom. The third-order valence-electron chi connectivity index (χ3n) is 4.35. The van der Waals surface area contributed by atoms with Crippen LogP contribution < -0.4 is 4.74 Å². The Bertz CT molecular complexity index is 1250. The highest BCUT2D eigenvalue weighted by Gasteiger charge is 2.20. The summed E-state index contributed by atoms with van der Waals surface area (Å²) in [6, 6.07) is 15.8. The molecule has 5 rings (SSSR count). The van der Waals surface area contributed by atoms with Crippen molar-refractivity contribution < 1.29 is 9.15 Å². The van der Waals surface area contributed by atoms with Crippen LogP contribution in [0.2, 0.25) is 0 Å². The molecule has 0 saturated heterocycles. The van der Waals surface area contributed by atoms with Crippen molar-refractivity contribution in [1.29, 1.82) is 0 Å². The molecule has 0 radical (unpaired) electrons. The van der Waals surface area contributed by atoms with E-state index in [1.807, 2.05) is 55.5 Å². The van der Waals surface area contributed by atoms with Crippen molar-refractivity contribution in [2.45, 2.75) is 6.92 Å². The molecule has 0 aliphatic carbocycles. The maximum atomic E-state index is 6.02. The molecule has 26 heavy (non-hydrogen) atoms. The fourth-order valence-electron chi connectivity index (χ4n) is 3.02. The van der Waals surface area contributed by atoms with E-state index in [2.05, 4.69) is 10.2 Å².